The molecule has 6 heteroatoms. The molecule has 108 valence electrons. The van der Waals surface area contributed by atoms with E-state index >= 15 is 0 Å². The van der Waals surface area contributed by atoms with Gasteiger partial charge in [-0.05, 0) is 35.9 Å². The first kappa shape index (κ1) is 14.0. The van der Waals surface area contributed by atoms with Crippen LogP contribution in [0.2, 0.25) is 5.02 Å². The summed E-state index contributed by atoms with van der Waals surface area (Å²) < 4.78 is 16.4. The zero-order valence-electron chi connectivity index (χ0n) is 11.0. The highest BCUT2D eigenvalue weighted by molar-refractivity contribution is 7.80. The number of benzene rings is 2. The summed E-state index contributed by atoms with van der Waals surface area (Å²) in [5, 5.41) is 0.565. The molecule has 1 aliphatic heterocycles. The van der Waals surface area contributed by atoms with Gasteiger partial charge in [0, 0.05) is 5.02 Å². The van der Waals surface area contributed by atoms with E-state index in [9.17, 15) is 0 Å². The van der Waals surface area contributed by atoms with Crippen LogP contribution in [0.15, 0.2) is 36.4 Å². The van der Waals surface area contributed by atoms with Crippen molar-refractivity contribution in [3.8, 4) is 17.2 Å². The molecule has 0 radical (unpaired) electrons. The topological polar surface area (TPSA) is 53.7 Å². The van der Waals surface area contributed by atoms with E-state index in [-0.39, 0.29) is 11.8 Å². The van der Waals surface area contributed by atoms with E-state index in [2.05, 4.69) is 0 Å². The average Bonchev–Trinajstić information content (AvgIpc) is 2.92. The highest BCUT2D eigenvalue weighted by Gasteiger charge is 2.14. The van der Waals surface area contributed by atoms with Gasteiger partial charge in [0.25, 0.3) is 0 Å². The summed E-state index contributed by atoms with van der Waals surface area (Å²) in [5.74, 6) is 2.02. The molecule has 4 nitrogen and oxygen atoms in total. The van der Waals surface area contributed by atoms with Gasteiger partial charge in [0.2, 0.25) is 6.79 Å². The van der Waals surface area contributed by atoms with Crippen LogP contribution in [0.3, 0.4) is 0 Å². The zero-order valence-corrected chi connectivity index (χ0v) is 12.5. The van der Waals surface area contributed by atoms with Crippen molar-refractivity contribution in [2.75, 3.05) is 6.79 Å². The molecular formula is C15H12ClNO3S. The maximum atomic E-state index is 5.98. The monoisotopic (exact) mass is 321 g/mol. The minimum atomic E-state index is 0.250. The molecule has 0 bridgehead atoms. The first-order chi connectivity index (χ1) is 10.1. The lowest BCUT2D eigenvalue weighted by atomic mass is 10.2. The summed E-state index contributed by atoms with van der Waals surface area (Å²) in [6, 6.07) is 10.8. The number of ether oxygens (including phenoxy) is 3. The highest BCUT2D eigenvalue weighted by Crippen LogP contribution is 2.33. The van der Waals surface area contributed by atoms with Gasteiger partial charge in [0.1, 0.15) is 17.3 Å². The van der Waals surface area contributed by atoms with Crippen LogP contribution in [0.4, 0.5) is 0 Å². The minimum absolute atomic E-state index is 0.250. The normalized spacial score (nSPS) is 12.2. The largest absolute Gasteiger partial charge is 0.488 e. The van der Waals surface area contributed by atoms with Crippen molar-refractivity contribution in [2.24, 2.45) is 5.73 Å². The second-order valence-corrected chi connectivity index (χ2v) is 5.36. The SMILES string of the molecule is NC(=S)c1ccc(Cl)cc1OCc1ccc2c(c1)OCO2. The Morgan fingerprint density at radius 1 is 1.19 bits per heavy atom. The van der Waals surface area contributed by atoms with Crippen molar-refractivity contribution in [1.29, 1.82) is 0 Å². The highest BCUT2D eigenvalue weighted by atomic mass is 35.5. The lowest BCUT2D eigenvalue weighted by Crippen LogP contribution is -2.11. The number of nitrogens with two attached hydrogens (primary N) is 1. The third-order valence-electron chi connectivity index (χ3n) is 3.04. The maximum Gasteiger partial charge on any atom is 0.231 e. The van der Waals surface area contributed by atoms with Crippen LogP contribution in [0.25, 0.3) is 0 Å². The third kappa shape index (κ3) is 3.04. The number of hydrogen-bond donors (Lipinski definition) is 1. The molecule has 21 heavy (non-hydrogen) atoms. The second-order valence-electron chi connectivity index (χ2n) is 4.48. The molecule has 0 saturated carbocycles. The van der Waals surface area contributed by atoms with E-state index in [0.717, 1.165) is 17.1 Å². The van der Waals surface area contributed by atoms with Crippen molar-refractivity contribution in [3.63, 3.8) is 0 Å². The summed E-state index contributed by atoms with van der Waals surface area (Å²) in [7, 11) is 0. The quantitative estimate of drug-likeness (QED) is 0.876. The van der Waals surface area contributed by atoms with Crippen molar-refractivity contribution >= 4 is 28.8 Å². The summed E-state index contributed by atoms with van der Waals surface area (Å²) in [6.07, 6.45) is 0. The van der Waals surface area contributed by atoms with Crippen molar-refractivity contribution in [2.45, 2.75) is 6.61 Å². The Bertz CT molecular complexity index is 705. The third-order valence-corrected chi connectivity index (χ3v) is 3.50. The summed E-state index contributed by atoms with van der Waals surface area (Å²) in [6.45, 7) is 0.603. The van der Waals surface area contributed by atoms with E-state index in [4.69, 9.17) is 43.8 Å². The van der Waals surface area contributed by atoms with Crippen LogP contribution in [-0.4, -0.2) is 11.8 Å². The molecule has 0 amide bonds. The molecule has 1 aliphatic rings. The van der Waals surface area contributed by atoms with Crippen LogP contribution in [0, 0.1) is 0 Å². The first-order valence-corrected chi connectivity index (χ1v) is 7.03. The van der Waals surface area contributed by atoms with E-state index in [1.54, 1.807) is 18.2 Å². The number of rotatable bonds is 4. The Hall–Kier alpha value is -1.98. The first-order valence-electron chi connectivity index (χ1n) is 6.24. The Balaban J connectivity index is 1.78. The fraction of sp³-hybridized carbons (Fsp3) is 0.133. The Morgan fingerprint density at radius 3 is 2.81 bits per heavy atom. The van der Waals surface area contributed by atoms with Crippen LogP contribution < -0.4 is 19.9 Å². The lowest BCUT2D eigenvalue weighted by molar-refractivity contribution is 0.174. The van der Waals surface area contributed by atoms with Gasteiger partial charge in [0.05, 0.1) is 5.56 Å². The van der Waals surface area contributed by atoms with E-state index in [0.29, 0.717) is 22.9 Å². The molecule has 0 aliphatic carbocycles. The van der Waals surface area contributed by atoms with Crippen LogP contribution in [0.1, 0.15) is 11.1 Å². The van der Waals surface area contributed by atoms with Crippen LogP contribution in [-0.2, 0) is 6.61 Å². The molecule has 0 unspecified atom stereocenters. The van der Waals surface area contributed by atoms with Gasteiger partial charge in [-0.2, -0.15) is 0 Å². The predicted molar refractivity (Wildman–Crippen MR) is 84.2 cm³/mol. The van der Waals surface area contributed by atoms with Crippen LogP contribution in [0.5, 0.6) is 17.2 Å². The molecule has 2 aromatic carbocycles. The Labute approximate surface area is 132 Å². The summed E-state index contributed by atoms with van der Waals surface area (Å²) in [5.41, 5.74) is 7.29. The molecule has 2 aromatic rings. The standard InChI is InChI=1S/C15H12ClNO3S/c16-10-2-3-11(15(17)21)13(6-10)18-7-9-1-4-12-14(5-9)20-8-19-12/h1-6H,7-8H2,(H2,17,21). The molecule has 2 N–H and O–H groups in total. The van der Waals surface area contributed by atoms with Gasteiger partial charge in [-0.25, -0.2) is 0 Å². The number of halogens is 1. The smallest absolute Gasteiger partial charge is 0.231 e. The Morgan fingerprint density at radius 2 is 2.00 bits per heavy atom. The Kier molecular flexibility index (Phi) is 3.86. The van der Waals surface area contributed by atoms with Crippen molar-refractivity contribution < 1.29 is 14.2 Å². The van der Waals surface area contributed by atoms with Gasteiger partial charge < -0.3 is 19.9 Å². The molecule has 0 aromatic heterocycles. The molecule has 3 rings (SSSR count). The van der Waals surface area contributed by atoms with Crippen LogP contribution >= 0.6 is 23.8 Å². The number of thiocarbonyl (C=S) groups is 1. The summed E-state index contributed by atoms with van der Waals surface area (Å²) >= 11 is 11.0. The molecule has 1 heterocycles. The van der Waals surface area contributed by atoms with Gasteiger partial charge in [-0.15, -0.1) is 0 Å². The number of fused-ring (bicyclic) bond motifs is 1. The van der Waals surface area contributed by atoms with Crippen molar-refractivity contribution in [1.82, 2.24) is 0 Å². The second kappa shape index (κ2) is 5.79. The summed E-state index contributed by atoms with van der Waals surface area (Å²) in [4.78, 5) is 0.271. The van der Waals surface area contributed by atoms with Crippen molar-refractivity contribution in [3.05, 3.63) is 52.5 Å². The fourth-order valence-corrected chi connectivity index (χ4v) is 2.34. The zero-order chi connectivity index (χ0) is 14.8. The van der Waals surface area contributed by atoms with Gasteiger partial charge >= 0.3 is 0 Å². The minimum Gasteiger partial charge on any atom is -0.488 e. The molecular weight excluding hydrogens is 310 g/mol. The molecule has 0 spiro atoms. The maximum absolute atomic E-state index is 5.98. The molecule has 0 saturated heterocycles. The van der Waals surface area contributed by atoms with E-state index in [1.165, 1.54) is 0 Å². The number of hydrogen-bond acceptors (Lipinski definition) is 4. The average molecular weight is 322 g/mol. The predicted octanol–water partition coefficient (Wildman–Crippen LogP) is 3.28. The molecule has 0 fully saturated rings. The van der Waals surface area contributed by atoms with Gasteiger partial charge in [-0.3, -0.25) is 0 Å². The lowest BCUT2D eigenvalue weighted by Gasteiger charge is -2.11. The van der Waals surface area contributed by atoms with Gasteiger partial charge in [0.15, 0.2) is 11.5 Å². The van der Waals surface area contributed by atoms with Gasteiger partial charge in [-0.1, -0.05) is 29.9 Å². The van der Waals surface area contributed by atoms with E-state index in [1.807, 2.05) is 18.2 Å². The fourth-order valence-electron chi connectivity index (χ4n) is 2.01. The molecule has 0 atom stereocenters. The van der Waals surface area contributed by atoms with E-state index < -0.39 is 0 Å².